The van der Waals surface area contributed by atoms with Gasteiger partial charge in [-0.15, -0.1) is 0 Å². The third-order valence-electron chi connectivity index (χ3n) is 3.94. The van der Waals surface area contributed by atoms with Crippen LogP contribution in [0.25, 0.3) is 0 Å². The average Bonchev–Trinajstić information content (AvgIpc) is 2.47. The standard InChI is InChI=1S/C16H26N4O/c1-18-6-8-20(9-7-18)16(21)13-19(2)12-15-5-3-4-14(10-15)11-17/h3-5,10H,6-9,11-13,17H2,1-2H3. The Morgan fingerprint density at radius 2 is 1.90 bits per heavy atom. The van der Waals surface area contributed by atoms with E-state index in [4.69, 9.17) is 5.73 Å². The molecule has 1 aliphatic rings. The number of nitrogens with two attached hydrogens (primary N) is 1. The zero-order valence-corrected chi connectivity index (χ0v) is 13.1. The first-order valence-electron chi connectivity index (χ1n) is 7.51. The summed E-state index contributed by atoms with van der Waals surface area (Å²) in [6.45, 7) is 5.40. The van der Waals surface area contributed by atoms with Gasteiger partial charge in [0.2, 0.25) is 5.91 Å². The van der Waals surface area contributed by atoms with E-state index in [1.165, 1.54) is 5.56 Å². The van der Waals surface area contributed by atoms with Crippen LogP contribution in [0, 0.1) is 0 Å². The van der Waals surface area contributed by atoms with Gasteiger partial charge < -0.3 is 15.5 Å². The van der Waals surface area contributed by atoms with Crippen LogP contribution >= 0.6 is 0 Å². The van der Waals surface area contributed by atoms with Crippen molar-refractivity contribution in [3.63, 3.8) is 0 Å². The number of piperazine rings is 1. The fourth-order valence-electron chi connectivity index (χ4n) is 2.61. The predicted molar refractivity (Wildman–Crippen MR) is 84.7 cm³/mol. The molecule has 0 spiro atoms. The largest absolute Gasteiger partial charge is 0.339 e. The lowest BCUT2D eigenvalue weighted by Gasteiger charge is -2.33. The summed E-state index contributed by atoms with van der Waals surface area (Å²) >= 11 is 0. The Labute approximate surface area is 127 Å². The smallest absolute Gasteiger partial charge is 0.236 e. The Balaban J connectivity index is 1.83. The minimum atomic E-state index is 0.223. The van der Waals surface area contributed by atoms with Crippen molar-refractivity contribution in [2.45, 2.75) is 13.1 Å². The van der Waals surface area contributed by atoms with Crippen LogP contribution in [0.15, 0.2) is 24.3 Å². The van der Waals surface area contributed by atoms with Crippen LogP contribution in [0.5, 0.6) is 0 Å². The van der Waals surface area contributed by atoms with Crippen LogP contribution in [0.3, 0.4) is 0 Å². The van der Waals surface area contributed by atoms with E-state index in [0.29, 0.717) is 13.1 Å². The van der Waals surface area contributed by atoms with E-state index in [1.54, 1.807) is 0 Å². The first-order chi connectivity index (χ1) is 10.1. The average molecular weight is 290 g/mol. The number of carbonyl (C=O) groups is 1. The highest BCUT2D eigenvalue weighted by Crippen LogP contribution is 2.08. The second-order valence-corrected chi connectivity index (χ2v) is 5.88. The van der Waals surface area contributed by atoms with E-state index < -0.39 is 0 Å². The quantitative estimate of drug-likeness (QED) is 0.850. The second kappa shape index (κ2) is 7.54. The molecule has 0 radical (unpaired) electrons. The summed E-state index contributed by atoms with van der Waals surface area (Å²) in [7, 11) is 4.08. The van der Waals surface area contributed by atoms with Gasteiger partial charge in [-0.2, -0.15) is 0 Å². The summed E-state index contributed by atoms with van der Waals surface area (Å²) in [5.74, 6) is 0.223. The monoisotopic (exact) mass is 290 g/mol. The third-order valence-corrected chi connectivity index (χ3v) is 3.94. The SMILES string of the molecule is CN1CCN(C(=O)CN(C)Cc2cccc(CN)c2)CC1. The Morgan fingerprint density at radius 3 is 2.57 bits per heavy atom. The normalized spacial score (nSPS) is 16.5. The van der Waals surface area contributed by atoms with E-state index in [0.717, 1.165) is 38.3 Å². The maximum atomic E-state index is 12.3. The molecule has 0 unspecified atom stereocenters. The molecule has 0 atom stereocenters. The minimum absolute atomic E-state index is 0.223. The second-order valence-electron chi connectivity index (χ2n) is 5.88. The fourth-order valence-corrected chi connectivity index (χ4v) is 2.61. The van der Waals surface area contributed by atoms with Crippen LogP contribution in [-0.2, 0) is 17.9 Å². The molecule has 1 aromatic carbocycles. The molecule has 1 aliphatic heterocycles. The molecule has 1 saturated heterocycles. The first-order valence-corrected chi connectivity index (χ1v) is 7.51. The molecule has 5 heteroatoms. The van der Waals surface area contributed by atoms with Crippen molar-refractivity contribution >= 4 is 5.91 Å². The highest BCUT2D eigenvalue weighted by atomic mass is 16.2. The number of amides is 1. The number of hydrogen-bond acceptors (Lipinski definition) is 4. The molecule has 0 bridgehead atoms. The number of rotatable bonds is 5. The highest BCUT2D eigenvalue weighted by molar-refractivity contribution is 5.78. The molecule has 2 N–H and O–H groups in total. The molecule has 5 nitrogen and oxygen atoms in total. The van der Waals surface area contributed by atoms with E-state index in [9.17, 15) is 4.79 Å². The van der Waals surface area contributed by atoms with Crippen LogP contribution in [0.2, 0.25) is 0 Å². The van der Waals surface area contributed by atoms with Crippen LogP contribution in [0.1, 0.15) is 11.1 Å². The molecule has 21 heavy (non-hydrogen) atoms. The lowest BCUT2D eigenvalue weighted by molar-refractivity contribution is -0.133. The number of benzene rings is 1. The van der Waals surface area contributed by atoms with Crippen molar-refractivity contribution in [2.24, 2.45) is 5.73 Å². The number of hydrogen-bond donors (Lipinski definition) is 1. The zero-order valence-electron chi connectivity index (χ0n) is 13.1. The van der Waals surface area contributed by atoms with E-state index in [-0.39, 0.29) is 5.91 Å². The van der Waals surface area contributed by atoms with Gasteiger partial charge in [-0.1, -0.05) is 24.3 Å². The van der Waals surface area contributed by atoms with Gasteiger partial charge in [0.1, 0.15) is 0 Å². The number of nitrogens with zero attached hydrogens (tertiary/aromatic N) is 3. The molecule has 2 rings (SSSR count). The van der Waals surface area contributed by atoms with Gasteiger partial charge in [0.15, 0.2) is 0 Å². The summed E-state index contributed by atoms with van der Waals surface area (Å²) in [5, 5.41) is 0. The molecule has 1 aromatic rings. The lowest BCUT2D eigenvalue weighted by Crippen LogP contribution is -2.49. The zero-order chi connectivity index (χ0) is 15.2. The van der Waals surface area contributed by atoms with Crippen LogP contribution in [0.4, 0.5) is 0 Å². The number of carbonyl (C=O) groups excluding carboxylic acids is 1. The van der Waals surface area contributed by atoms with Gasteiger partial charge in [-0.05, 0) is 25.2 Å². The molecule has 116 valence electrons. The Kier molecular flexibility index (Phi) is 5.73. The maximum Gasteiger partial charge on any atom is 0.236 e. The van der Waals surface area contributed by atoms with Crippen LogP contribution < -0.4 is 5.73 Å². The number of likely N-dealkylation sites (N-methyl/N-ethyl adjacent to an activating group) is 2. The molecular weight excluding hydrogens is 264 g/mol. The molecule has 1 heterocycles. The van der Waals surface area contributed by atoms with Crippen molar-refractivity contribution in [3.05, 3.63) is 35.4 Å². The molecule has 0 aliphatic carbocycles. The van der Waals surface area contributed by atoms with E-state index >= 15 is 0 Å². The van der Waals surface area contributed by atoms with Crippen LogP contribution in [-0.4, -0.2) is 67.4 Å². The topological polar surface area (TPSA) is 52.8 Å². The Hall–Kier alpha value is -1.43. The molecular formula is C16H26N4O. The van der Waals surface area contributed by atoms with Crippen molar-refractivity contribution in [1.82, 2.24) is 14.7 Å². The van der Waals surface area contributed by atoms with E-state index in [1.807, 2.05) is 24.1 Å². The van der Waals surface area contributed by atoms with Crippen molar-refractivity contribution in [1.29, 1.82) is 0 Å². The van der Waals surface area contributed by atoms with Crippen molar-refractivity contribution in [2.75, 3.05) is 46.8 Å². The van der Waals surface area contributed by atoms with Crippen molar-refractivity contribution in [3.8, 4) is 0 Å². The molecule has 1 fully saturated rings. The predicted octanol–water partition coefficient (Wildman–Crippen LogP) is 0.351. The van der Waals surface area contributed by atoms with Gasteiger partial charge in [-0.3, -0.25) is 9.69 Å². The summed E-state index contributed by atoms with van der Waals surface area (Å²) in [5.41, 5.74) is 7.99. The van der Waals surface area contributed by atoms with Gasteiger partial charge in [0.25, 0.3) is 0 Å². The maximum absolute atomic E-state index is 12.3. The van der Waals surface area contributed by atoms with Gasteiger partial charge >= 0.3 is 0 Å². The van der Waals surface area contributed by atoms with Gasteiger partial charge in [0, 0.05) is 39.3 Å². The molecule has 0 aromatic heterocycles. The lowest BCUT2D eigenvalue weighted by atomic mass is 10.1. The summed E-state index contributed by atoms with van der Waals surface area (Å²) in [6.07, 6.45) is 0. The summed E-state index contributed by atoms with van der Waals surface area (Å²) < 4.78 is 0. The van der Waals surface area contributed by atoms with Gasteiger partial charge in [-0.25, -0.2) is 0 Å². The third kappa shape index (κ3) is 4.81. The Bertz CT molecular complexity index is 469. The van der Waals surface area contributed by atoms with Gasteiger partial charge in [0.05, 0.1) is 6.54 Å². The molecule has 1 amide bonds. The Morgan fingerprint density at radius 1 is 1.24 bits per heavy atom. The summed E-state index contributed by atoms with van der Waals surface area (Å²) in [4.78, 5) is 18.6. The van der Waals surface area contributed by atoms with E-state index in [2.05, 4.69) is 29.0 Å². The summed E-state index contributed by atoms with van der Waals surface area (Å²) in [6, 6.07) is 8.24. The highest BCUT2D eigenvalue weighted by Gasteiger charge is 2.19. The minimum Gasteiger partial charge on any atom is -0.339 e. The first kappa shape index (κ1) is 15.9. The fraction of sp³-hybridized carbons (Fsp3) is 0.562. The molecule has 0 saturated carbocycles. The van der Waals surface area contributed by atoms with Crippen molar-refractivity contribution < 1.29 is 4.79 Å².